The van der Waals surface area contributed by atoms with Crippen molar-refractivity contribution in [2.45, 2.75) is 25.9 Å². The van der Waals surface area contributed by atoms with Crippen LogP contribution in [0.2, 0.25) is 0 Å². The van der Waals surface area contributed by atoms with E-state index in [1.807, 2.05) is 0 Å². The van der Waals surface area contributed by atoms with E-state index >= 15 is 0 Å². The summed E-state index contributed by atoms with van der Waals surface area (Å²) in [6, 6.07) is -1.62. The van der Waals surface area contributed by atoms with Crippen molar-refractivity contribution >= 4 is 151 Å². The SMILES string of the molecule is CC(C(C)N1C(=O)c2c(Br)c(Br)c(Br)c(Br)c2C1=O)N1C(=O)c2c(Br)c(Br)c(Br)c(Br)c2C1=O. The van der Waals surface area contributed by atoms with Gasteiger partial charge in [-0.1, -0.05) is 0 Å². The van der Waals surface area contributed by atoms with Crippen LogP contribution in [0.25, 0.3) is 0 Å². The van der Waals surface area contributed by atoms with Crippen LogP contribution in [0.1, 0.15) is 55.3 Å². The standard InChI is InChI=1S/C20H8Br8N2O4/c1-3(29-17(31)5-6(18(29)32)10(22)14(26)13(25)9(5)21)4(2)30-19(33)7-8(20(30)34)12(24)16(28)15(27)11(7)23/h3-4H,1-2H3. The molecule has 0 spiro atoms. The van der Waals surface area contributed by atoms with Crippen molar-refractivity contribution in [3.05, 3.63) is 58.0 Å². The maximum absolute atomic E-state index is 13.4. The van der Waals surface area contributed by atoms with Gasteiger partial charge in [-0.25, -0.2) is 0 Å². The summed E-state index contributed by atoms with van der Waals surface area (Å²) in [6.45, 7) is 3.27. The quantitative estimate of drug-likeness (QED) is 0.176. The summed E-state index contributed by atoms with van der Waals surface area (Å²) in [5, 5.41) is 0. The first-order valence-electron chi connectivity index (χ1n) is 9.23. The zero-order chi connectivity index (χ0) is 25.5. The number of hydrogen-bond donors (Lipinski definition) is 0. The minimum absolute atomic E-state index is 0.201. The number of halogens is 8. The third-order valence-corrected chi connectivity index (χ3v) is 15.3. The monoisotopic (exact) mass is 971 g/mol. The number of hydrogen-bond acceptors (Lipinski definition) is 4. The average Bonchev–Trinajstić information content (AvgIpc) is 3.21. The van der Waals surface area contributed by atoms with Gasteiger partial charge in [0, 0.05) is 35.8 Å². The van der Waals surface area contributed by atoms with Gasteiger partial charge in [-0.3, -0.25) is 29.0 Å². The normalized spacial score (nSPS) is 17.0. The van der Waals surface area contributed by atoms with Gasteiger partial charge in [0.25, 0.3) is 23.6 Å². The lowest BCUT2D eigenvalue weighted by Crippen LogP contribution is -2.52. The predicted octanol–water partition coefficient (Wildman–Crippen LogP) is 8.46. The number of nitrogens with zero attached hydrogens (tertiary/aromatic N) is 2. The van der Waals surface area contributed by atoms with Gasteiger partial charge < -0.3 is 0 Å². The van der Waals surface area contributed by atoms with E-state index in [0.29, 0.717) is 35.8 Å². The molecule has 4 amide bonds. The third kappa shape index (κ3) is 3.79. The van der Waals surface area contributed by atoms with Crippen molar-refractivity contribution < 1.29 is 19.2 Å². The van der Waals surface area contributed by atoms with Gasteiger partial charge in [0.1, 0.15) is 0 Å². The summed E-state index contributed by atoms with van der Waals surface area (Å²) in [7, 11) is 0. The maximum Gasteiger partial charge on any atom is 0.263 e. The highest BCUT2D eigenvalue weighted by Gasteiger charge is 2.49. The number of carbonyl (C=O) groups excluding carboxylic acids is 4. The Labute approximate surface area is 261 Å². The fourth-order valence-corrected chi connectivity index (χ4v) is 8.82. The maximum atomic E-state index is 13.4. The molecule has 2 unspecified atom stereocenters. The van der Waals surface area contributed by atoms with Crippen molar-refractivity contribution in [1.82, 2.24) is 9.80 Å². The molecule has 2 atom stereocenters. The van der Waals surface area contributed by atoms with E-state index < -0.39 is 35.7 Å². The summed E-state index contributed by atoms with van der Waals surface area (Å²) >= 11 is 27.2. The molecule has 0 aliphatic carbocycles. The lowest BCUT2D eigenvalue weighted by atomic mass is 10.1. The summed E-state index contributed by atoms with van der Waals surface area (Å²) in [4.78, 5) is 55.7. The van der Waals surface area contributed by atoms with Crippen LogP contribution in [0.5, 0.6) is 0 Å². The first kappa shape index (κ1) is 27.6. The molecule has 34 heavy (non-hydrogen) atoms. The Hall–Kier alpha value is 0.560. The van der Waals surface area contributed by atoms with Crippen LogP contribution in [0.4, 0.5) is 0 Å². The lowest BCUT2D eigenvalue weighted by molar-refractivity contribution is 0.0402. The van der Waals surface area contributed by atoms with E-state index in [1.165, 1.54) is 0 Å². The Kier molecular flexibility index (Phi) is 7.87. The average molecular weight is 980 g/mol. The van der Waals surface area contributed by atoms with Crippen LogP contribution < -0.4 is 0 Å². The largest absolute Gasteiger partial charge is 0.269 e. The fraction of sp³-hybridized carbons (Fsp3) is 0.200. The molecule has 0 N–H and O–H groups in total. The van der Waals surface area contributed by atoms with Crippen molar-refractivity contribution in [3.8, 4) is 0 Å². The number of rotatable bonds is 3. The Morgan fingerprint density at radius 2 is 0.588 bits per heavy atom. The van der Waals surface area contributed by atoms with Gasteiger partial charge in [0.2, 0.25) is 0 Å². The predicted molar refractivity (Wildman–Crippen MR) is 154 cm³/mol. The fourth-order valence-electron chi connectivity index (χ4n) is 3.90. The van der Waals surface area contributed by atoms with Crippen LogP contribution >= 0.6 is 127 Å². The molecule has 2 aromatic rings. The van der Waals surface area contributed by atoms with Crippen molar-refractivity contribution in [3.63, 3.8) is 0 Å². The van der Waals surface area contributed by atoms with Gasteiger partial charge >= 0.3 is 0 Å². The highest BCUT2D eigenvalue weighted by Crippen LogP contribution is 2.48. The van der Waals surface area contributed by atoms with Crippen LogP contribution in [0.15, 0.2) is 35.8 Å². The van der Waals surface area contributed by atoms with Crippen LogP contribution in [-0.2, 0) is 0 Å². The Bertz CT molecular complexity index is 1180. The van der Waals surface area contributed by atoms with Crippen molar-refractivity contribution in [1.29, 1.82) is 0 Å². The lowest BCUT2D eigenvalue weighted by Gasteiger charge is -2.33. The number of fused-ring (bicyclic) bond motifs is 2. The van der Waals surface area contributed by atoms with Gasteiger partial charge in [0.15, 0.2) is 0 Å². The van der Waals surface area contributed by atoms with Crippen LogP contribution in [-0.4, -0.2) is 45.5 Å². The molecule has 0 saturated carbocycles. The molecule has 2 aliphatic rings. The van der Waals surface area contributed by atoms with Gasteiger partial charge in [-0.05, 0) is 141 Å². The summed E-state index contributed by atoms with van der Waals surface area (Å²) in [6.07, 6.45) is 0. The number of carbonyl (C=O) groups is 4. The Morgan fingerprint density at radius 1 is 0.412 bits per heavy atom. The first-order valence-corrected chi connectivity index (χ1v) is 15.6. The van der Waals surface area contributed by atoms with E-state index in [-0.39, 0.29) is 22.3 Å². The van der Waals surface area contributed by atoms with E-state index in [4.69, 9.17) is 0 Å². The van der Waals surface area contributed by atoms with Crippen LogP contribution in [0, 0.1) is 0 Å². The van der Waals surface area contributed by atoms with E-state index in [2.05, 4.69) is 127 Å². The highest BCUT2D eigenvalue weighted by atomic mass is 79.9. The Balaban J connectivity index is 1.76. The molecule has 4 rings (SSSR count). The van der Waals surface area contributed by atoms with Gasteiger partial charge in [-0.2, -0.15) is 0 Å². The zero-order valence-electron chi connectivity index (χ0n) is 16.7. The summed E-state index contributed by atoms with van der Waals surface area (Å²) < 4.78 is 4.04. The van der Waals surface area contributed by atoms with Crippen LogP contribution in [0.3, 0.4) is 0 Å². The minimum Gasteiger partial charge on any atom is -0.269 e. The molecule has 0 aromatic heterocycles. The molecule has 2 aliphatic heterocycles. The second-order valence-corrected chi connectivity index (χ2v) is 13.8. The molecule has 2 aromatic carbocycles. The second kappa shape index (κ2) is 9.70. The molecule has 0 fully saturated rings. The van der Waals surface area contributed by atoms with Gasteiger partial charge in [0.05, 0.1) is 34.3 Å². The topological polar surface area (TPSA) is 74.8 Å². The molecular weight excluding hydrogens is 971 g/mol. The summed E-state index contributed by atoms with van der Waals surface area (Å²) in [5.41, 5.74) is 0.803. The number of benzene rings is 2. The molecule has 14 heteroatoms. The Morgan fingerprint density at radius 3 is 0.765 bits per heavy atom. The first-order chi connectivity index (χ1) is 15.7. The highest BCUT2D eigenvalue weighted by molar-refractivity contribution is 9.15. The summed E-state index contributed by atoms with van der Waals surface area (Å²) in [5.74, 6) is -2.09. The minimum atomic E-state index is -0.810. The number of imide groups is 2. The van der Waals surface area contributed by atoms with E-state index in [0.717, 1.165) is 9.80 Å². The number of amides is 4. The molecule has 2 heterocycles. The molecule has 0 bridgehead atoms. The molecule has 6 nitrogen and oxygen atoms in total. The van der Waals surface area contributed by atoms with E-state index in [9.17, 15) is 19.2 Å². The van der Waals surface area contributed by atoms with Gasteiger partial charge in [-0.15, -0.1) is 0 Å². The zero-order valence-corrected chi connectivity index (χ0v) is 29.4. The van der Waals surface area contributed by atoms with Crippen molar-refractivity contribution in [2.75, 3.05) is 0 Å². The van der Waals surface area contributed by atoms with E-state index in [1.54, 1.807) is 13.8 Å². The molecule has 0 saturated heterocycles. The third-order valence-electron chi connectivity index (χ3n) is 5.78. The molecule has 0 radical (unpaired) electrons. The molecular formula is C20H8Br8N2O4. The smallest absolute Gasteiger partial charge is 0.263 e. The second-order valence-electron chi connectivity index (χ2n) is 7.45. The van der Waals surface area contributed by atoms with Crippen molar-refractivity contribution in [2.24, 2.45) is 0 Å². The molecule has 178 valence electrons.